The molecule has 0 saturated heterocycles. The first-order valence-electron chi connectivity index (χ1n) is 8.84. The zero-order chi connectivity index (χ0) is 18.7. The lowest BCUT2D eigenvalue weighted by Crippen LogP contribution is -2.34. The molecule has 0 radical (unpaired) electrons. The van der Waals surface area contributed by atoms with Crippen LogP contribution in [0.1, 0.15) is 36.1 Å². The summed E-state index contributed by atoms with van der Waals surface area (Å²) in [5, 5.41) is 10.5. The molecule has 0 bridgehead atoms. The van der Waals surface area contributed by atoms with Gasteiger partial charge in [-0.25, -0.2) is 0 Å². The standard InChI is InChI=1S/C21H24N4O.2ClH/c1-14(2)12-25-13-17-9-8-16(21(23)24-26)10-18(17)20(19(25)11-22)15-6-4-3-5-7-15;;/h3-10,14,23H,11-13,22H2,1-2H3;2*1H. The molecule has 0 aliphatic carbocycles. The minimum absolute atomic E-state index is 0. The average molecular weight is 421 g/mol. The van der Waals surface area contributed by atoms with Gasteiger partial charge in [0.05, 0.1) is 0 Å². The zero-order valence-corrected chi connectivity index (χ0v) is 17.6. The van der Waals surface area contributed by atoms with Crippen molar-refractivity contribution in [2.45, 2.75) is 20.4 Å². The van der Waals surface area contributed by atoms with E-state index in [1.165, 1.54) is 5.56 Å². The number of nitrogens with zero attached hydrogens (tertiary/aromatic N) is 2. The lowest BCUT2D eigenvalue weighted by Gasteiger charge is -2.36. The van der Waals surface area contributed by atoms with E-state index in [0.29, 0.717) is 18.0 Å². The maximum atomic E-state index is 10.8. The van der Waals surface area contributed by atoms with Crippen LogP contribution in [-0.4, -0.2) is 23.8 Å². The van der Waals surface area contributed by atoms with Crippen LogP contribution in [0.5, 0.6) is 0 Å². The lowest BCUT2D eigenvalue weighted by atomic mass is 9.87. The van der Waals surface area contributed by atoms with E-state index in [9.17, 15) is 4.91 Å². The van der Waals surface area contributed by atoms with Crippen molar-refractivity contribution in [3.05, 3.63) is 81.4 Å². The summed E-state index contributed by atoms with van der Waals surface area (Å²) >= 11 is 0. The van der Waals surface area contributed by atoms with Gasteiger partial charge in [0.25, 0.3) is 0 Å². The molecule has 3 N–H and O–H groups in total. The molecule has 150 valence electrons. The number of nitrogens with two attached hydrogens (primary N) is 1. The normalized spacial score (nSPS) is 12.8. The number of fused-ring (bicyclic) bond motifs is 1. The van der Waals surface area contributed by atoms with Crippen molar-refractivity contribution in [2.24, 2.45) is 16.8 Å². The second-order valence-corrected chi connectivity index (χ2v) is 6.98. The Kier molecular flexibility index (Phi) is 8.82. The number of halogens is 2. The highest BCUT2D eigenvalue weighted by atomic mass is 35.5. The van der Waals surface area contributed by atoms with Gasteiger partial charge in [-0.3, -0.25) is 5.41 Å². The van der Waals surface area contributed by atoms with Gasteiger partial charge >= 0.3 is 0 Å². The van der Waals surface area contributed by atoms with Crippen LogP contribution in [0, 0.1) is 16.2 Å². The molecule has 5 nitrogen and oxygen atoms in total. The first kappa shape index (κ1) is 23.8. The number of nitrogens with one attached hydrogen (secondary N) is 1. The molecule has 0 saturated carbocycles. The first-order valence-corrected chi connectivity index (χ1v) is 8.84. The molecule has 0 atom stereocenters. The molecule has 0 amide bonds. The van der Waals surface area contributed by atoms with E-state index in [0.717, 1.165) is 35.5 Å². The number of hydrogen-bond donors (Lipinski definition) is 2. The fraction of sp³-hybridized carbons (Fsp3) is 0.286. The Morgan fingerprint density at radius 1 is 1.18 bits per heavy atom. The van der Waals surface area contributed by atoms with Gasteiger partial charge in [-0.15, -0.1) is 29.7 Å². The number of rotatable bonds is 5. The molecule has 3 rings (SSSR count). The summed E-state index contributed by atoms with van der Waals surface area (Å²) in [5.41, 5.74) is 12.2. The van der Waals surface area contributed by atoms with Crippen LogP contribution in [0.15, 0.2) is 59.4 Å². The fourth-order valence-electron chi connectivity index (χ4n) is 3.54. The second kappa shape index (κ2) is 10.4. The Labute approximate surface area is 178 Å². The summed E-state index contributed by atoms with van der Waals surface area (Å²) in [4.78, 5) is 13.1. The third-order valence-corrected chi connectivity index (χ3v) is 4.62. The second-order valence-electron chi connectivity index (χ2n) is 6.98. The van der Waals surface area contributed by atoms with Gasteiger partial charge < -0.3 is 10.6 Å². The Hall–Kier alpha value is -2.21. The summed E-state index contributed by atoms with van der Waals surface area (Å²) in [6.07, 6.45) is 0. The van der Waals surface area contributed by atoms with E-state index < -0.39 is 0 Å². The highest BCUT2D eigenvalue weighted by Crippen LogP contribution is 2.37. The van der Waals surface area contributed by atoms with Gasteiger partial charge in [0.2, 0.25) is 0 Å². The first-order chi connectivity index (χ1) is 12.5. The van der Waals surface area contributed by atoms with Crippen molar-refractivity contribution < 1.29 is 0 Å². The topological polar surface area (TPSA) is 82.5 Å². The molecule has 2 aromatic rings. The summed E-state index contributed by atoms with van der Waals surface area (Å²) < 4.78 is 0. The number of nitroso groups, excluding NO2 is 1. The number of benzene rings is 2. The zero-order valence-electron chi connectivity index (χ0n) is 16.0. The summed E-state index contributed by atoms with van der Waals surface area (Å²) in [6.45, 7) is 6.54. The maximum absolute atomic E-state index is 10.8. The van der Waals surface area contributed by atoms with E-state index in [1.54, 1.807) is 6.07 Å². The molecule has 28 heavy (non-hydrogen) atoms. The van der Waals surface area contributed by atoms with Crippen LogP contribution >= 0.6 is 24.8 Å². The smallest absolute Gasteiger partial charge is 0.196 e. The van der Waals surface area contributed by atoms with Gasteiger partial charge in [0, 0.05) is 36.5 Å². The van der Waals surface area contributed by atoms with Crippen molar-refractivity contribution in [3.63, 3.8) is 0 Å². The van der Waals surface area contributed by atoms with Crippen molar-refractivity contribution in [1.29, 1.82) is 5.41 Å². The molecular formula is C21H26Cl2N4O. The van der Waals surface area contributed by atoms with E-state index >= 15 is 0 Å². The molecule has 2 aromatic carbocycles. The van der Waals surface area contributed by atoms with Crippen LogP contribution in [0.25, 0.3) is 5.57 Å². The summed E-state index contributed by atoms with van der Waals surface area (Å²) in [5.74, 6) is 0.265. The van der Waals surface area contributed by atoms with Crippen LogP contribution in [0.4, 0.5) is 0 Å². The van der Waals surface area contributed by atoms with Crippen LogP contribution in [-0.2, 0) is 6.54 Å². The van der Waals surface area contributed by atoms with Crippen LogP contribution in [0.3, 0.4) is 0 Å². The maximum Gasteiger partial charge on any atom is 0.196 e. The predicted molar refractivity (Wildman–Crippen MR) is 120 cm³/mol. The third-order valence-electron chi connectivity index (χ3n) is 4.62. The Balaban J connectivity index is 0.00000196. The van der Waals surface area contributed by atoms with E-state index in [1.807, 2.05) is 30.3 Å². The third kappa shape index (κ3) is 4.79. The van der Waals surface area contributed by atoms with E-state index in [4.69, 9.17) is 11.1 Å². The quantitative estimate of drug-likeness (QED) is 0.413. The monoisotopic (exact) mass is 420 g/mol. The van der Waals surface area contributed by atoms with Crippen molar-refractivity contribution >= 4 is 36.2 Å². The van der Waals surface area contributed by atoms with Crippen molar-refractivity contribution in [2.75, 3.05) is 13.1 Å². The molecule has 1 aliphatic heterocycles. The minimum atomic E-state index is -0.251. The average Bonchev–Trinajstić information content (AvgIpc) is 2.66. The molecule has 0 aromatic heterocycles. The van der Waals surface area contributed by atoms with Crippen molar-refractivity contribution in [1.82, 2.24) is 4.90 Å². The van der Waals surface area contributed by atoms with Gasteiger partial charge in [-0.2, -0.15) is 0 Å². The van der Waals surface area contributed by atoms with Crippen LogP contribution < -0.4 is 5.73 Å². The molecule has 7 heteroatoms. The highest BCUT2D eigenvalue weighted by Gasteiger charge is 2.26. The predicted octanol–water partition coefficient (Wildman–Crippen LogP) is 4.81. The van der Waals surface area contributed by atoms with E-state index in [-0.39, 0.29) is 30.6 Å². The lowest BCUT2D eigenvalue weighted by molar-refractivity contribution is 0.291. The minimum Gasteiger partial charge on any atom is -0.369 e. The Morgan fingerprint density at radius 3 is 2.43 bits per heavy atom. The number of hydrogen-bond acceptors (Lipinski definition) is 4. The van der Waals surface area contributed by atoms with Crippen LogP contribution in [0.2, 0.25) is 0 Å². The van der Waals surface area contributed by atoms with Gasteiger partial charge in [-0.05, 0) is 33.9 Å². The number of amidine groups is 1. The van der Waals surface area contributed by atoms with Gasteiger partial charge in [0.1, 0.15) is 0 Å². The fourth-order valence-corrected chi connectivity index (χ4v) is 3.54. The molecule has 0 unspecified atom stereocenters. The van der Waals surface area contributed by atoms with Crippen molar-refractivity contribution in [3.8, 4) is 0 Å². The summed E-state index contributed by atoms with van der Waals surface area (Å²) in [6, 6.07) is 15.8. The largest absolute Gasteiger partial charge is 0.369 e. The van der Waals surface area contributed by atoms with E-state index in [2.05, 4.69) is 36.1 Å². The molecule has 0 fully saturated rings. The Morgan fingerprint density at radius 2 is 1.86 bits per heavy atom. The SMILES string of the molecule is CC(C)CN1Cc2ccc(C(=N)N=O)cc2C(c2ccccc2)=C1CN.Cl.Cl. The Bertz CT molecular complexity index is 866. The molecule has 1 heterocycles. The highest BCUT2D eigenvalue weighted by molar-refractivity contribution is 5.98. The van der Waals surface area contributed by atoms with Gasteiger partial charge in [-0.1, -0.05) is 56.3 Å². The molecule has 0 spiro atoms. The summed E-state index contributed by atoms with van der Waals surface area (Å²) in [7, 11) is 0. The molecular weight excluding hydrogens is 395 g/mol. The van der Waals surface area contributed by atoms with Gasteiger partial charge in [0.15, 0.2) is 5.84 Å². The molecule has 1 aliphatic rings.